The number of ether oxygens (including phenoxy) is 1. The molecule has 0 spiro atoms. The summed E-state index contributed by atoms with van der Waals surface area (Å²) in [5, 5.41) is 19.1. The molecule has 0 aliphatic carbocycles. The quantitative estimate of drug-likeness (QED) is 0.496. The molecule has 0 saturated heterocycles. The van der Waals surface area contributed by atoms with Crippen molar-refractivity contribution in [2.75, 3.05) is 6.61 Å². The van der Waals surface area contributed by atoms with Crippen LogP contribution in [0, 0.1) is 10.1 Å². The van der Waals surface area contributed by atoms with Gasteiger partial charge in [-0.15, -0.1) is 0 Å². The normalized spacial score (nSPS) is 9.71. The van der Waals surface area contributed by atoms with Crippen LogP contribution < -0.4 is 4.74 Å². The summed E-state index contributed by atoms with van der Waals surface area (Å²) in [6.45, 7) is 3.00. The van der Waals surface area contributed by atoms with Crippen molar-refractivity contribution in [1.82, 2.24) is 0 Å². The van der Waals surface area contributed by atoms with Crippen LogP contribution in [0.15, 0.2) is 30.4 Å². The number of carboxylic acids is 1. The molecule has 0 bridgehead atoms. The summed E-state index contributed by atoms with van der Waals surface area (Å²) >= 11 is 5.60. The topological polar surface area (TPSA) is 89.7 Å². The Hall–Kier alpha value is -2.08. The number of halogens is 1. The molecule has 1 N–H and O–H groups in total. The van der Waals surface area contributed by atoms with Crippen molar-refractivity contribution in [3.63, 3.8) is 0 Å². The number of rotatable bonds is 5. The van der Waals surface area contributed by atoms with Gasteiger partial charge >= 0.3 is 5.97 Å². The van der Waals surface area contributed by atoms with Gasteiger partial charge in [-0.3, -0.25) is 10.1 Å². The van der Waals surface area contributed by atoms with Gasteiger partial charge in [-0.2, -0.15) is 0 Å². The van der Waals surface area contributed by atoms with Gasteiger partial charge in [0.1, 0.15) is 17.4 Å². The van der Waals surface area contributed by atoms with Crippen LogP contribution in [0.1, 0.15) is 0 Å². The molecule has 1 aromatic carbocycles. The van der Waals surface area contributed by atoms with Gasteiger partial charge in [-0.05, 0) is 12.1 Å². The first-order chi connectivity index (χ1) is 7.91. The fraction of sp³-hybridized carbons (Fsp3) is 0.100. The molecule has 0 aromatic heterocycles. The third-order valence-electron chi connectivity index (χ3n) is 1.83. The zero-order valence-corrected chi connectivity index (χ0v) is 9.31. The Morgan fingerprint density at radius 3 is 2.76 bits per heavy atom. The maximum atomic E-state index is 10.6. The van der Waals surface area contributed by atoms with E-state index in [1.54, 1.807) is 0 Å². The summed E-state index contributed by atoms with van der Waals surface area (Å²) in [6.07, 6.45) is 0. The van der Waals surface area contributed by atoms with Gasteiger partial charge in [-0.25, -0.2) is 4.79 Å². The number of nitro benzene ring substituents is 1. The summed E-state index contributed by atoms with van der Waals surface area (Å²) < 4.78 is 5.03. The second kappa shape index (κ2) is 5.31. The maximum Gasteiger partial charge on any atom is 0.334 e. The number of benzene rings is 1. The lowest BCUT2D eigenvalue weighted by Gasteiger charge is -2.05. The molecular weight excluding hydrogens is 250 g/mol. The molecule has 0 heterocycles. The second-order valence-electron chi connectivity index (χ2n) is 3.07. The van der Waals surface area contributed by atoms with E-state index >= 15 is 0 Å². The monoisotopic (exact) mass is 257 g/mol. The number of carboxylic acid groups (broad SMARTS) is 1. The molecule has 1 rings (SSSR count). The fourth-order valence-electron chi connectivity index (χ4n) is 0.954. The Bertz CT molecular complexity index is 486. The first kappa shape index (κ1) is 13.0. The van der Waals surface area contributed by atoms with Gasteiger partial charge in [0.2, 0.25) is 0 Å². The molecular formula is C10H8ClNO5. The van der Waals surface area contributed by atoms with E-state index in [4.69, 9.17) is 21.4 Å². The van der Waals surface area contributed by atoms with Gasteiger partial charge in [0.25, 0.3) is 5.69 Å². The summed E-state index contributed by atoms with van der Waals surface area (Å²) in [4.78, 5) is 20.4. The zero-order chi connectivity index (χ0) is 13.0. The minimum atomic E-state index is -1.19. The van der Waals surface area contributed by atoms with Crippen molar-refractivity contribution in [1.29, 1.82) is 0 Å². The molecule has 0 atom stereocenters. The van der Waals surface area contributed by atoms with Gasteiger partial charge in [0, 0.05) is 0 Å². The molecule has 6 nitrogen and oxygen atoms in total. The van der Waals surface area contributed by atoms with Gasteiger partial charge in [0.05, 0.1) is 16.6 Å². The zero-order valence-electron chi connectivity index (χ0n) is 8.55. The Morgan fingerprint density at radius 2 is 2.24 bits per heavy atom. The third-order valence-corrected chi connectivity index (χ3v) is 2.15. The van der Waals surface area contributed by atoms with E-state index in [0.717, 1.165) is 6.07 Å². The van der Waals surface area contributed by atoms with Crippen LogP contribution in [0.4, 0.5) is 5.69 Å². The molecule has 0 fully saturated rings. The fourth-order valence-corrected chi connectivity index (χ4v) is 1.14. The number of hydrogen-bond acceptors (Lipinski definition) is 4. The van der Waals surface area contributed by atoms with Gasteiger partial charge in [-0.1, -0.05) is 18.2 Å². The lowest BCUT2D eigenvalue weighted by atomic mass is 10.3. The highest BCUT2D eigenvalue weighted by Crippen LogP contribution is 2.28. The molecule has 17 heavy (non-hydrogen) atoms. The average Bonchev–Trinajstić information content (AvgIpc) is 2.26. The van der Waals surface area contributed by atoms with Crippen molar-refractivity contribution >= 4 is 23.3 Å². The molecule has 0 saturated carbocycles. The number of carbonyl (C=O) groups is 1. The van der Waals surface area contributed by atoms with Crippen molar-refractivity contribution in [2.45, 2.75) is 0 Å². The number of nitrogens with zero attached hydrogens (tertiary/aromatic N) is 1. The van der Waals surface area contributed by atoms with Crippen LogP contribution >= 0.6 is 11.6 Å². The summed E-state index contributed by atoms with van der Waals surface area (Å²) in [7, 11) is 0. The van der Waals surface area contributed by atoms with Crippen molar-refractivity contribution in [3.8, 4) is 5.75 Å². The van der Waals surface area contributed by atoms with Gasteiger partial charge < -0.3 is 9.84 Å². The number of hydrogen-bond donors (Lipinski definition) is 1. The van der Waals surface area contributed by atoms with Crippen molar-refractivity contribution < 1.29 is 19.6 Å². The summed E-state index contributed by atoms with van der Waals surface area (Å²) in [5.41, 5.74) is -0.451. The minimum Gasteiger partial charge on any atom is -0.488 e. The SMILES string of the molecule is C=C(COc1ccc(Cl)c([N+](=O)[O-])c1)C(=O)O. The van der Waals surface area contributed by atoms with E-state index in [-0.39, 0.29) is 28.6 Å². The molecule has 7 heteroatoms. The van der Waals surface area contributed by atoms with E-state index in [9.17, 15) is 14.9 Å². The molecule has 90 valence electrons. The molecule has 0 aliphatic rings. The van der Waals surface area contributed by atoms with Gasteiger partial charge in [0.15, 0.2) is 0 Å². The number of aliphatic carboxylic acids is 1. The van der Waals surface area contributed by atoms with E-state index in [2.05, 4.69) is 6.58 Å². The average molecular weight is 258 g/mol. The second-order valence-corrected chi connectivity index (χ2v) is 3.47. The Balaban J connectivity index is 2.80. The van der Waals surface area contributed by atoms with E-state index in [0.29, 0.717) is 0 Å². The lowest BCUT2D eigenvalue weighted by molar-refractivity contribution is -0.384. The largest absolute Gasteiger partial charge is 0.488 e. The first-order valence-corrected chi connectivity index (χ1v) is 4.77. The predicted molar refractivity (Wildman–Crippen MR) is 60.4 cm³/mol. The summed E-state index contributed by atoms with van der Waals surface area (Å²) in [5.74, 6) is -1.03. The van der Waals surface area contributed by atoms with Crippen LogP contribution in [-0.4, -0.2) is 22.6 Å². The first-order valence-electron chi connectivity index (χ1n) is 4.39. The molecule has 1 aromatic rings. The van der Waals surface area contributed by atoms with E-state index in [1.165, 1.54) is 12.1 Å². The smallest absolute Gasteiger partial charge is 0.334 e. The molecule has 0 unspecified atom stereocenters. The Labute approximate surface area is 101 Å². The van der Waals surface area contributed by atoms with Crippen LogP contribution in [0.25, 0.3) is 0 Å². The Kier molecular flexibility index (Phi) is 4.06. The lowest BCUT2D eigenvalue weighted by Crippen LogP contribution is -2.08. The minimum absolute atomic E-state index is 0.0144. The van der Waals surface area contributed by atoms with Crippen LogP contribution in [-0.2, 0) is 4.79 Å². The maximum absolute atomic E-state index is 10.6. The van der Waals surface area contributed by atoms with Crippen LogP contribution in [0.2, 0.25) is 5.02 Å². The van der Waals surface area contributed by atoms with Crippen LogP contribution in [0.3, 0.4) is 0 Å². The molecule has 0 radical (unpaired) electrons. The van der Waals surface area contributed by atoms with E-state index in [1.807, 2.05) is 0 Å². The summed E-state index contributed by atoms with van der Waals surface area (Å²) in [6, 6.07) is 3.83. The van der Waals surface area contributed by atoms with Crippen molar-refractivity contribution in [2.24, 2.45) is 0 Å². The molecule has 0 aliphatic heterocycles. The molecule has 0 amide bonds. The van der Waals surface area contributed by atoms with E-state index < -0.39 is 10.9 Å². The van der Waals surface area contributed by atoms with Crippen LogP contribution in [0.5, 0.6) is 5.75 Å². The standard InChI is InChI=1S/C10H8ClNO5/c1-6(10(13)14)5-17-7-2-3-8(11)9(4-7)12(15)16/h2-4H,1,5H2,(H,13,14). The highest BCUT2D eigenvalue weighted by Gasteiger charge is 2.14. The Morgan fingerprint density at radius 1 is 1.59 bits per heavy atom. The van der Waals surface area contributed by atoms with Crippen molar-refractivity contribution in [3.05, 3.63) is 45.5 Å². The highest BCUT2D eigenvalue weighted by molar-refractivity contribution is 6.32. The third kappa shape index (κ3) is 3.46. The highest BCUT2D eigenvalue weighted by atomic mass is 35.5. The predicted octanol–water partition coefficient (Wildman–Crippen LogP) is 2.27. The number of nitro groups is 1.